The van der Waals surface area contributed by atoms with Gasteiger partial charge in [0.05, 0.1) is 19.8 Å². The number of aliphatic hydroxyl groups is 1. The Balaban J connectivity index is 4.69. The molecule has 3 unspecified atom stereocenters. The molecule has 0 rings (SSSR count). The maximum absolute atomic E-state index is 12.9. The minimum Gasteiger partial charge on any atom is -0.462 e. The van der Waals surface area contributed by atoms with Gasteiger partial charge in [0.2, 0.25) is 0 Å². The van der Waals surface area contributed by atoms with Gasteiger partial charge in [0.25, 0.3) is 0 Å². The number of phosphoric acid groups is 1. The Morgan fingerprint density at radius 3 is 1.03 bits per heavy atom. The molecule has 0 aromatic carbocycles. The summed E-state index contributed by atoms with van der Waals surface area (Å²) in [5.74, 6) is -1.47. The van der Waals surface area contributed by atoms with Crippen molar-refractivity contribution in [3.8, 4) is 0 Å². The monoisotopic (exact) mass is 1120 g/mol. The van der Waals surface area contributed by atoms with E-state index in [1.54, 1.807) is 0 Å². The smallest absolute Gasteiger partial charge is 0.462 e. The van der Waals surface area contributed by atoms with Gasteiger partial charge in [-0.15, -0.1) is 0 Å². The summed E-state index contributed by atoms with van der Waals surface area (Å²) in [5, 5.41) is 9.85. The Bertz CT molecular complexity index is 1590. The van der Waals surface area contributed by atoms with Gasteiger partial charge in [-0.3, -0.25) is 23.4 Å². The number of rotatable bonds is 59. The van der Waals surface area contributed by atoms with Crippen molar-refractivity contribution in [3.05, 3.63) is 72.9 Å². The fraction of sp³-hybridized carbons (Fsp3) is 0.773. The molecular weight excluding hydrogens is 1000 g/mol. The second kappa shape index (κ2) is 60.0. The molecule has 0 saturated carbocycles. The molecule has 0 radical (unpaired) electrons. The van der Waals surface area contributed by atoms with E-state index >= 15 is 0 Å². The molecule has 0 amide bonds. The van der Waals surface area contributed by atoms with Crippen LogP contribution in [0.3, 0.4) is 0 Å². The third-order valence-corrected chi connectivity index (χ3v) is 14.6. The summed E-state index contributed by atoms with van der Waals surface area (Å²) in [4.78, 5) is 48.7. The van der Waals surface area contributed by atoms with Crippen molar-refractivity contribution >= 4 is 25.7 Å². The lowest BCUT2D eigenvalue weighted by Gasteiger charge is -2.21. The second-order valence-electron chi connectivity index (χ2n) is 21.2. The molecule has 0 aromatic rings. The molecule has 0 bridgehead atoms. The number of allylic oxidation sites excluding steroid dienone is 12. The van der Waals surface area contributed by atoms with E-state index in [4.69, 9.17) is 23.3 Å². The lowest BCUT2D eigenvalue weighted by Crippen LogP contribution is -2.30. The highest BCUT2D eigenvalue weighted by Gasteiger charge is 2.28. The van der Waals surface area contributed by atoms with Crippen molar-refractivity contribution in [1.29, 1.82) is 0 Å². The highest BCUT2D eigenvalue weighted by atomic mass is 31.2. The quantitative estimate of drug-likeness (QED) is 0.0197. The number of carbonyl (C=O) groups excluding carboxylic acids is 3. The molecule has 0 aromatic heterocycles. The summed E-state index contributed by atoms with van der Waals surface area (Å²) in [6.45, 7) is 4.45. The van der Waals surface area contributed by atoms with Crippen molar-refractivity contribution in [2.24, 2.45) is 0 Å². The summed E-state index contributed by atoms with van der Waals surface area (Å²) in [6, 6.07) is 0. The molecule has 12 heteroatoms. The molecule has 0 aliphatic rings. The number of hydrogen-bond donors (Lipinski definition) is 2. The fourth-order valence-corrected chi connectivity index (χ4v) is 9.64. The highest BCUT2D eigenvalue weighted by Crippen LogP contribution is 2.43. The van der Waals surface area contributed by atoms with Crippen LogP contribution in [0.2, 0.25) is 0 Å². The van der Waals surface area contributed by atoms with Crippen LogP contribution in [0.4, 0.5) is 0 Å². The van der Waals surface area contributed by atoms with Crippen molar-refractivity contribution in [1.82, 2.24) is 0 Å². The third-order valence-electron chi connectivity index (χ3n) is 13.6. The third kappa shape index (κ3) is 57.6. The molecule has 0 aliphatic carbocycles. The van der Waals surface area contributed by atoms with E-state index in [1.807, 2.05) is 0 Å². The molecule has 78 heavy (non-hydrogen) atoms. The first-order valence-electron chi connectivity index (χ1n) is 31.8. The summed E-state index contributed by atoms with van der Waals surface area (Å²) < 4.78 is 39.7. The van der Waals surface area contributed by atoms with Crippen molar-refractivity contribution in [3.63, 3.8) is 0 Å². The van der Waals surface area contributed by atoms with Gasteiger partial charge in [-0.1, -0.05) is 261 Å². The molecule has 11 nitrogen and oxygen atoms in total. The van der Waals surface area contributed by atoms with Gasteiger partial charge in [-0.2, -0.15) is 0 Å². The molecule has 0 aliphatic heterocycles. The van der Waals surface area contributed by atoms with E-state index in [0.29, 0.717) is 19.3 Å². The maximum atomic E-state index is 12.9. The summed E-state index contributed by atoms with van der Waals surface area (Å²) in [7, 11) is -4.76. The Morgan fingerprint density at radius 1 is 0.372 bits per heavy atom. The number of aliphatic hydroxyl groups excluding tert-OH is 1. The van der Waals surface area contributed by atoms with Gasteiger partial charge < -0.3 is 24.2 Å². The van der Waals surface area contributed by atoms with Crippen LogP contribution >= 0.6 is 7.82 Å². The van der Waals surface area contributed by atoms with Crippen LogP contribution in [0.25, 0.3) is 0 Å². The molecule has 452 valence electrons. The van der Waals surface area contributed by atoms with Crippen LogP contribution in [0.5, 0.6) is 0 Å². The lowest BCUT2D eigenvalue weighted by molar-refractivity contribution is -0.161. The van der Waals surface area contributed by atoms with Crippen LogP contribution in [0, 0.1) is 0 Å². The first kappa shape index (κ1) is 74.9. The minimum atomic E-state index is -4.76. The predicted molar refractivity (Wildman–Crippen MR) is 325 cm³/mol. The number of hydrogen-bond acceptors (Lipinski definition) is 10. The maximum Gasteiger partial charge on any atom is 0.472 e. The van der Waals surface area contributed by atoms with Gasteiger partial charge in [0, 0.05) is 19.3 Å². The normalized spacial score (nSPS) is 13.8. The Morgan fingerprint density at radius 2 is 0.667 bits per heavy atom. The van der Waals surface area contributed by atoms with Gasteiger partial charge in [-0.25, -0.2) is 4.57 Å². The zero-order valence-corrected chi connectivity index (χ0v) is 51.0. The topological polar surface area (TPSA) is 155 Å². The number of esters is 3. The van der Waals surface area contributed by atoms with Gasteiger partial charge in [0.1, 0.15) is 12.7 Å². The predicted octanol–water partition coefficient (Wildman–Crippen LogP) is 19.3. The van der Waals surface area contributed by atoms with Crippen molar-refractivity contribution in [2.45, 2.75) is 303 Å². The van der Waals surface area contributed by atoms with E-state index in [0.717, 1.165) is 128 Å². The van der Waals surface area contributed by atoms with Crippen molar-refractivity contribution in [2.75, 3.05) is 26.4 Å². The molecule has 0 heterocycles. The van der Waals surface area contributed by atoms with E-state index in [-0.39, 0.29) is 25.9 Å². The molecule has 0 fully saturated rings. The van der Waals surface area contributed by atoms with Crippen molar-refractivity contribution < 1.29 is 52.2 Å². The van der Waals surface area contributed by atoms with E-state index < -0.39 is 57.8 Å². The summed E-state index contributed by atoms with van der Waals surface area (Å²) in [6.07, 6.45) is 68.5. The Labute approximate surface area is 478 Å². The van der Waals surface area contributed by atoms with E-state index in [1.165, 1.54) is 103 Å². The van der Waals surface area contributed by atoms with Crippen LogP contribution in [-0.2, 0) is 42.2 Å². The SMILES string of the molecule is CC/C=C\C/C=C\C/C=C\CCCCCCCCCC(=O)OC(CO)COP(=O)(O)OCC(COC(=O)CCCCCCCCCCCCCCCCCCC)OC(=O)CCCCCCCCC/C=C\C/C=C\C/C=C\CC. The summed E-state index contributed by atoms with van der Waals surface area (Å²) in [5.41, 5.74) is 0. The van der Waals surface area contributed by atoms with E-state index in [2.05, 4.69) is 93.7 Å². The second-order valence-corrected chi connectivity index (χ2v) is 22.6. The highest BCUT2D eigenvalue weighted by molar-refractivity contribution is 7.47. The van der Waals surface area contributed by atoms with Gasteiger partial charge >= 0.3 is 25.7 Å². The number of phosphoric ester groups is 1. The average molecular weight is 1120 g/mol. The average Bonchev–Trinajstić information content (AvgIpc) is 3.43. The largest absolute Gasteiger partial charge is 0.472 e. The fourth-order valence-electron chi connectivity index (χ4n) is 8.86. The first-order valence-corrected chi connectivity index (χ1v) is 33.3. The Kier molecular flexibility index (Phi) is 57.7. The standard InChI is InChI=1S/C66H117O11P/c1-4-7-10-13-16-19-22-25-28-31-34-37-40-43-46-49-52-55-64(68)73-59-63(77-66(70)57-54-51-48-45-42-39-36-33-30-27-24-21-18-15-12-9-6-3)61-75-78(71,72)74-60-62(58-67)76-65(69)56-53-50-47-44-41-38-35-32-29-26-23-20-17-14-11-8-5-2/h8-9,11-12,17-18,20-21,26-27,29-30,62-63,67H,4-7,10,13-16,19,22-25,28,31-61H2,1-3H3,(H,71,72)/b11-8-,12-9-,20-17-,21-18-,29-26-,30-27-. The van der Waals surface area contributed by atoms with Crippen LogP contribution < -0.4 is 0 Å². The number of ether oxygens (including phenoxy) is 3. The lowest BCUT2D eigenvalue weighted by atomic mass is 10.0. The summed E-state index contributed by atoms with van der Waals surface area (Å²) >= 11 is 0. The van der Waals surface area contributed by atoms with Crippen LogP contribution in [0.15, 0.2) is 72.9 Å². The van der Waals surface area contributed by atoms with Gasteiger partial charge in [0.15, 0.2) is 6.10 Å². The molecule has 0 saturated heterocycles. The molecule has 2 N–H and O–H groups in total. The number of carbonyl (C=O) groups is 3. The van der Waals surface area contributed by atoms with Crippen LogP contribution in [-0.4, -0.2) is 66.5 Å². The zero-order chi connectivity index (χ0) is 56.9. The molecule has 3 atom stereocenters. The molecule has 0 spiro atoms. The minimum absolute atomic E-state index is 0.156. The van der Waals surface area contributed by atoms with E-state index in [9.17, 15) is 28.9 Å². The Hall–Kier alpha value is -3.08. The zero-order valence-electron chi connectivity index (χ0n) is 50.1. The molecular formula is C66H117O11P. The van der Waals surface area contributed by atoms with Gasteiger partial charge in [-0.05, 0) is 83.5 Å². The number of unbranched alkanes of at least 4 members (excludes halogenated alkanes) is 30. The van der Waals surface area contributed by atoms with Crippen LogP contribution in [0.1, 0.15) is 290 Å². The first-order chi connectivity index (χ1) is 38.2.